The van der Waals surface area contributed by atoms with Crippen molar-refractivity contribution in [2.75, 3.05) is 20.3 Å². The summed E-state index contributed by atoms with van der Waals surface area (Å²) < 4.78 is 5.12. The van der Waals surface area contributed by atoms with Crippen LogP contribution in [0.3, 0.4) is 0 Å². The minimum absolute atomic E-state index is 0.271. The first kappa shape index (κ1) is 14.1. The molecule has 1 heterocycles. The molecule has 0 bridgehead atoms. The molecule has 0 spiro atoms. The molecule has 0 saturated heterocycles. The third kappa shape index (κ3) is 5.80. The summed E-state index contributed by atoms with van der Waals surface area (Å²) in [5.41, 5.74) is 2.73. The molecule has 0 radical (unpaired) electrons. The van der Waals surface area contributed by atoms with Gasteiger partial charge in [0.1, 0.15) is 0 Å². The Balaban J connectivity index is 2.32. The van der Waals surface area contributed by atoms with Gasteiger partial charge < -0.3 is 10.1 Å². The Kier molecular flexibility index (Phi) is 5.59. The molecule has 0 unspecified atom stereocenters. The van der Waals surface area contributed by atoms with Crippen molar-refractivity contribution >= 4 is 0 Å². The molecule has 0 saturated carbocycles. The van der Waals surface area contributed by atoms with Crippen molar-refractivity contribution in [2.24, 2.45) is 5.41 Å². The number of aryl methyl sites for hydroxylation is 1. The number of pyridine rings is 1. The molecule has 3 nitrogen and oxygen atoms in total. The van der Waals surface area contributed by atoms with Crippen LogP contribution >= 0.6 is 0 Å². The van der Waals surface area contributed by atoms with Gasteiger partial charge in [-0.1, -0.05) is 19.9 Å². The zero-order chi connectivity index (χ0) is 12.7. The Morgan fingerprint density at radius 1 is 1.35 bits per heavy atom. The Hall–Kier alpha value is -0.930. The van der Waals surface area contributed by atoms with Crippen molar-refractivity contribution < 1.29 is 4.74 Å². The maximum absolute atomic E-state index is 5.12. The summed E-state index contributed by atoms with van der Waals surface area (Å²) in [5, 5.41) is 3.48. The van der Waals surface area contributed by atoms with Gasteiger partial charge in [0.25, 0.3) is 0 Å². The maximum Gasteiger partial charge on any atom is 0.0467 e. The van der Waals surface area contributed by atoms with Crippen LogP contribution in [0.2, 0.25) is 0 Å². The molecule has 3 heteroatoms. The van der Waals surface area contributed by atoms with Gasteiger partial charge in [0, 0.05) is 39.2 Å². The molecule has 0 amide bonds. The molecule has 0 aliphatic rings. The second-order valence-electron chi connectivity index (χ2n) is 5.38. The average Bonchev–Trinajstić information content (AvgIpc) is 2.26. The first-order valence-corrected chi connectivity index (χ1v) is 6.14. The molecule has 0 aliphatic carbocycles. The number of methoxy groups -OCH3 is 1. The van der Waals surface area contributed by atoms with E-state index in [9.17, 15) is 0 Å². The third-order valence-corrected chi connectivity index (χ3v) is 2.85. The predicted molar refractivity (Wildman–Crippen MR) is 71.0 cm³/mol. The van der Waals surface area contributed by atoms with Crippen molar-refractivity contribution in [1.29, 1.82) is 0 Å². The Morgan fingerprint density at radius 3 is 2.76 bits per heavy atom. The summed E-state index contributed by atoms with van der Waals surface area (Å²) in [7, 11) is 1.75. The van der Waals surface area contributed by atoms with Crippen LogP contribution in [0.15, 0.2) is 18.5 Å². The van der Waals surface area contributed by atoms with E-state index < -0.39 is 0 Å². The monoisotopic (exact) mass is 236 g/mol. The van der Waals surface area contributed by atoms with Gasteiger partial charge in [0.05, 0.1) is 0 Å². The Bertz CT molecular complexity index is 337. The lowest BCUT2D eigenvalue weighted by Gasteiger charge is -2.24. The molecule has 17 heavy (non-hydrogen) atoms. The highest BCUT2D eigenvalue weighted by Crippen LogP contribution is 2.18. The van der Waals surface area contributed by atoms with Gasteiger partial charge in [-0.15, -0.1) is 0 Å². The van der Waals surface area contributed by atoms with Gasteiger partial charge in [-0.2, -0.15) is 0 Å². The molecule has 1 aromatic heterocycles. The third-order valence-electron chi connectivity index (χ3n) is 2.85. The number of aromatic nitrogens is 1. The summed E-state index contributed by atoms with van der Waals surface area (Å²) in [6.07, 6.45) is 4.87. The standard InChI is InChI=1S/C14H24N2O/c1-12-7-13(9-15-8-12)10-16-11-14(2,3)5-6-17-4/h7-9,16H,5-6,10-11H2,1-4H3. The van der Waals surface area contributed by atoms with E-state index in [1.54, 1.807) is 7.11 Å². The lowest BCUT2D eigenvalue weighted by atomic mass is 9.89. The van der Waals surface area contributed by atoms with Crippen LogP contribution in [0.1, 0.15) is 31.4 Å². The summed E-state index contributed by atoms with van der Waals surface area (Å²) >= 11 is 0. The van der Waals surface area contributed by atoms with Gasteiger partial charge in [0.15, 0.2) is 0 Å². The van der Waals surface area contributed by atoms with Crippen LogP contribution in [0.4, 0.5) is 0 Å². The van der Waals surface area contributed by atoms with Gasteiger partial charge in [-0.05, 0) is 29.9 Å². The Morgan fingerprint density at radius 2 is 2.12 bits per heavy atom. The molecule has 96 valence electrons. The minimum Gasteiger partial charge on any atom is -0.385 e. The number of hydrogen-bond donors (Lipinski definition) is 1. The smallest absolute Gasteiger partial charge is 0.0467 e. The van der Waals surface area contributed by atoms with Crippen molar-refractivity contribution in [3.8, 4) is 0 Å². The molecule has 0 aromatic carbocycles. The number of nitrogens with one attached hydrogen (secondary N) is 1. The molecule has 1 N–H and O–H groups in total. The number of nitrogens with zero attached hydrogens (tertiary/aromatic N) is 1. The van der Waals surface area contributed by atoms with Gasteiger partial charge in [-0.25, -0.2) is 0 Å². The number of rotatable bonds is 7. The first-order valence-electron chi connectivity index (χ1n) is 6.14. The fourth-order valence-electron chi connectivity index (χ4n) is 1.73. The zero-order valence-electron chi connectivity index (χ0n) is 11.4. The van der Waals surface area contributed by atoms with Crippen LogP contribution in [-0.4, -0.2) is 25.2 Å². The predicted octanol–water partition coefficient (Wildman–Crippen LogP) is 2.54. The summed E-state index contributed by atoms with van der Waals surface area (Å²) in [6, 6.07) is 2.17. The molecule has 1 aromatic rings. The van der Waals surface area contributed by atoms with E-state index in [-0.39, 0.29) is 5.41 Å². The van der Waals surface area contributed by atoms with Crippen LogP contribution < -0.4 is 5.32 Å². The van der Waals surface area contributed by atoms with E-state index in [0.29, 0.717) is 0 Å². The van der Waals surface area contributed by atoms with Crippen LogP contribution in [0.5, 0.6) is 0 Å². The summed E-state index contributed by atoms with van der Waals surface area (Å²) in [4.78, 5) is 4.19. The Labute approximate surface area is 105 Å². The molecular formula is C14H24N2O. The average molecular weight is 236 g/mol. The highest BCUT2D eigenvalue weighted by molar-refractivity contribution is 5.16. The second kappa shape index (κ2) is 6.72. The van der Waals surface area contributed by atoms with Crippen molar-refractivity contribution in [2.45, 2.75) is 33.7 Å². The molecular weight excluding hydrogens is 212 g/mol. The minimum atomic E-state index is 0.271. The summed E-state index contributed by atoms with van der Waals surface area (Å²) in [5.74, 6) is 0. The fourth-order valence-corrected chi connectivity index (χ4v) is 1.73. The van der Waals surface area contributed by atoms with E-state index >= 15 is 0 Å². The topological polar surface area (TPSA) is 34.1 Å². The van der Waals surface area contributed by atoms with Crippen LogP contribution in [0, 0.1) is 12.3 Å². The zero-order valence-corrected chi connectivity index (χ0v) is 11.4. The van der Waals surface area contributed by atoms with Gasteiger partial charge >= 0.3 is 0 Å². The second-order valence-corrected chi connectivity index (χ2v) is 5.38. The largest absolute Gasteiger partial charge is 0.385 e. The van der Waals surface area contributed by atoms with Crippen molar-refractivity contribution in [3.63, 3.8) is 0 Å². The van der Waals surface area contributed by atoms with E-state index in [0.717, 1.165) is 26.1 Å². The van der Waals surface area contributed by atoms with E-state index in [1.807, 2.05) is 12.4 Å². The highest BCUT2D eigenvalue weighted by Gasteiger charge is 2.16. The quantitative estimate of drug-likeness (QED) is 0.790. The molecule has 0 atom stereocenters. The van der Waals surface area contributed by atoms with Crippen LogP contribution in [0.25, 0.3) is 0 Å². The lowest BCUT2D eigenvalue weighted by Crippen LogP contribution is -2.30. The molecule has 0 fully saturated rings. The van der Waals surface area contributed by atoms with E-state index in [2.05, 4.69) is 37.1 Å². The molecule has 1 rings (SSSR count). The van der Waals surface area contributed by atoms with Gasteiger partial charge in [0.2, 0.25) is 0 Å². The van der Waals surface area contributed by atoms with E-state index in [4.69, 9.17) is 4.74 Å². The molecule has 0 aliphatic heterocycles. The number of hydrogen-bond acceptors (Lipinski definition) is 3. The highest BCUT2D eigenvalue weighted by atomic mass is 16.5. The summed E-state index contributed by atoms with van der Waals surface area (Å²) in [6.45, 7) is 9.27. The maximum atomic E-state index is 5.12. The van der Waals surface area contributed by atoms with Crippen molar-refractivity contribution in [3.05, 3.63) is 29.6 Å². The first-order chi connectivity index (χ1) is 8.03. The van der Waals surface area contributed by atoms with Crippen LogP contribution in [-0.2, 0) is 11.3 Å². The normalized spacial score (nSPS) is 11.8. The van der Waals surface area contributed by atoms with E-state index in [1.165, 1.54) is 11.1 Å². The SMILES string of the molecule is COCCC(C)(C)CNCc1cncc(C)c1. The number of ether oxygens (including phenoxy) is 1. The van der Waals surface area contributed by atoms with Crippen molar-refractivity contribution in [1.82, 2.24) is 10.3 Å². The van der Waals surface area contributed by atoms with Gasteiger partial charge in [-0.3, -0.25) is 4.98 Å². The lowest BCUT2D eigenvalue weighted by molar-refractivity contribution is 0.150. The fraction of sp³-hybridized carbons (Fsp3) is 0.643.